The van der Waals surface area contributed by atoms with Crippen LogP contribution in [0, 0.1) is 10.1 Å². The van der Waals surface area contributed by atoms with Crippen molar-refractivity contribution in [2.45, 2.75) is 6.42 Å². The van der Waals surface area contributed by atoms with Gasteiger partial charge in [0, 0.05) is 12.6 Å². The van der Waals surface area contributed by atoms with E-state index in [1.807, 2.05) is 0 Å². The van der Waals surface area contributed by atoms with E-state index < -0.39 is 14.9 Å². The molecule has 0 spiro atoms. The number of nitrogens with zero attached hydrogens (tertiary/aromatic N) is 2. The number of sulfonamides is 1. The number of fused-ring (bicyclic) bond motifs is 3. The van der Waals surface area contributed by atoms with Crippen molar-refractivity contribution in [2.75, 3.05) is 17.1 Å². The van der Waals surface area contributed by atoms with Crippen LogP contribution in [0.4, 0.5) is 11.4 Å². The van der Waals surface area contributed by atoms with Crippen LogP contribution in [-0.4, -0.2) is 26.1 Å². The lowest BCUT2D eigenvalue weighted by molar-refractivity contribution is -0.383. The number of benzene rings is 2. The number of nitro groups is 1. The molecule has 0 fully saturated rings. The van der Waals surface area contributed by atoms with Gasteiger partial charge in [-0.05, 0) is 23.4 Å². The maximum absolute atomic E-state index is 11.8. The smallest absolute Gasteiger partial charge is 0.270 e. The molecule has 0 amide bonds. The lowest BCUT2D eigenvalue weighted by Crippen LogP contribution is -2.27. The molecule has 6 nitrogen and oxygen atoms in total. The van der Waals surface area contributed by atoms with Crippen LogP contribution >= 0.6 is 0 Å². The average Bonchev–Trinajstić information content (AvgIpc) is 2.81. The van der Waals surface area contributed by atoms with Crippen LogP contribution in [0.15, 0.2) is 30.3 Å². The molecule has 20 heavy (non-hydrogen) atoms. The minimum atomic E-state index is -3.42. The summed E-state index contributed by atoms with van der Waals surface area (Å²) in [7, 11) is -3.42. The first-order valence-corrected chi connectivity index (χ1v) is 7.91. The largest absolute Gasteiger partial charge is 0.279 e. The van der Waals surface area contributed by atoms with Crippen molar-refractivity contribution in [1.82, 2.24) is 0 Å². The zero-order valence-electron chi connectivity index (χ0n) is 10.7. The third-order valence-electron chi connectivity index (χ3n) is 3.54. The third-order valence-corrected chi connectivity index (χ3v) is 4.72. The van der Waals surface area contributed by atoms with Crippen LogP contribution in [0.5, 0.6) is 0 Å². The van der Waals surface area contributed by atoms with Crippen molar-refractivity contribution in [1.29, 1.82) is 0 Å². The summed E-state index contributed by atoms with van der Waals surface area (Å²) < 4.78 is 24.8. The number of anilines is 1. The topological polar surface area (TPSA) is 80.5 Å². The predicted octanol–water partition coefficient (Wildman–Crippen LogP) is 2.07. The van der Waals surface area contributed by atoms with Gasteiger partial charge in [-0.2, -0.15) is 0 Å². The zero-order chi connectivity index (χ0) is 14.5. The highest BCUT2D eigenvalue weighted by Crippen LogP contribution is 2.40. The summed E-state index contributed by atoms with van der Waals surface area (Å²) in [5.41, 5.74) is 1.23. The molecule has 1 heterocycles. The van der Waals surface area contributed by atoms with Gasteiger partial charge in [0.15, 0.2) is 0 Å². The normalized spacial score (nSPS) is 14.6. The molecular weight excluding hydrogens is 280 g/mol. The van der Waals surface area contributed by atoms with Crippen molar-refractivity contribution in [3.05, 3.63) is 46.0 Å². The van der Waals surface area contributed by atoms with Gasteiger partial charge in [-0.3, -0.25) is 14.4 Å². The fraction of sp³-hybridized carbons (Fsp3) is 0.231. The predicted molar refractivity (Wildman–Crippen MR) is 76.5 cm³/mol. The van der Waals surface area contributed by atoms with Crippen molar-refractivity contribution in [3.63, 3.8) is 0 Å². The summed E-state index contributed by atoms with van der Waals surface area (Å²) in [6, 6.07) is 8.40. The van der Waals surface area contributed by atoms with Gasteiger partial charge in [-0.1, -0.05) is 18.2 Å². The second-order valence-electron chi connectivity index (χ2n) is 4.78. The first kappa shape index (κ1) is 12.9. The van der Waals surface area contributed by atoms with Crippen LogP contribution in [0.3, 0.4) is 0 Å². The van der Waals surface area contributed by atoms with E-state index in [2.05, 4.69) is 0 Å². The Morgan fingerprint density at radius 1 is 1.25 bits per heavy atom. The fourth-order valence-corrected chi connectivity index (χ4v) is 3.66. The molecule has 0 bridgehead atoms. The van der Waals surface area contributed by atoms with Gasteiger partial charge < -0.3 is 0 Å². The van der Waals surface area contributed by atoms with E-state index in [4.69, 9.17) is 0 Å². The van der Waals surface area contributed by atoms with Crippen LogP contribution < -0.4 is 4.31 Å². The van der Waals surface area contributed by atoms with Gasteiger partial charge in [0.25, 0.3) is 5.69 Å². The first-order valence-electron chi connectivity index (χ1n) is 6.06. The lowest BCUT2D eigenvalue weighted by atomic mass is 10.0. The van der Waals surface area contributed by atoms with Gasteiger partial charge in [0.2, 0.25) is 10.0 Å². The maximum Gasteiger partial charge on any atom is 0.279 e. The minimum absolute atomic E-state index is 0.0603. The SMILES string of the molecule is CS(=O)(=O)N1CCc2c1cc([N+](=O)[O-])c1ccccc21. The Bertz CT molecular complexity index is 830. The number of rotatable bonds is 2. The molecule has 0 saturated carbocycles. The summed E-state index contributed by atoms with van der Waals surface area (Å²) in [5, 5.41) is 12.5. The van der Waals surface area contributed by atoms with Crippen molar-refractivity contribution in [3.8, 4) is 0 Å². The highest BCUT2D eigenvalue weighted by molar-refractivity contribution is 7.92. The highest BCUT2D eigenvalue weighted by Gasteiger charge is 2.30. The van der Waals surface area contributed by atoms with Gasteiger partial charge >= 0.3 is 0 Å². The van der Waals surface area contributed by atoms with Gasteiger partial charge in [0.05, 0.1) is 22.3 Å². The Morgan fingerprint density at radius 2 is 1.90 bits per heavy atom. The van der Waals surface area contributed by atoms with Crippen LogP contribution in [0.25, 0.3) is 10.8 Å². The molecule has 0 saturated heterocycles. The second kappa shape index (κ2) is 4.17. The van der Waals surface area contributed by atoms with E-state index in [-0.39, 0.29) is 5.69 Å². The minimum Gasteiger partial charge on any atom is -0.270 e. The molecule has 1 aliphatic rings. The molecule has 2 aromatic rings. The Morgan fingerprint density at radius 3 is 2.50 bits per heavy atom. The molecule has 2 aromatic carbocycles. The third kappa shape index (κ3) is 1.82. The highest BCUT2D eigenvalue weighted by atomic mass is 32.2. The molecule has 1 aliphatic heterocycles. The van der Waals surface area contributed by atoms with Gasteiger partial charge in [0.1, 0.15) is 0 Å². The van der Waals surface area contributed by atoms with E-state index in [1.54, 1.807) is 24.3 Å². The fourth-order valence-electron chi connectivity index (χ4n) is 2.72. The van der Waals surface area contributed by atoms with Crippen molar-refractivity contribution < 1.29 is 13.3 Å². The molecule has 7 heteroatoms. The van der Waals surface area contributed by atoms with Gasteiger partial charge in [-0.25, -0.2) is 8.42 Å². The molecule has 0 N–H and O–H groups in total. The quantitative estimate of drug-likeness (QED) is 0.627. The summed E-state index contributed by atoms with van der Waals surface area (Å²) in [6.45, 7) is 0.333. The van der Waals surface area contributed by atoms with Crippen molar-refractivity contribution >= 4 is 32.2 Å². The Hall–Kier alpha value is -2.15. The number of nitro benzene ring substituents is 1. The Kier molecular flexibility index (Phi) is 2.68. The number of non-ortho nitro benzene ring substituents is 1. The Balaban J connectivity index is 2.39. The van der Waals surface area contributed by atoms with E-state index in [1.165, 1.54) is 10.4 Å². The standard InChI is InChI=1S/C13H12N2O4S/c1-20(18,19)14-7-6-11-9-4-2-3-5-10(9)13(15(16)17)8-12(11)14/h2-5,8H,6-7H2,1H3. The Labute approximate surface area is 115 Å². The van der Waals surface area contributed by atoms with Crippen LogP contribution in [-0.2, 0) is 16.4 Å². The monoisotopic (exact) mass is 292 g/mol. The molecule has 104 valence electrons. The van der Waals surface area contributed by atoms with E-state index in [9.17, 15) is 18.5 Å². The molecule has 3 rings (SSSR count). The average molecular weight is 292 g/mol. The first-order chi connectivity index (χ1) is 9.39. The lowest BCUT2D eigenvalue weighted by Gasteiger charge is -2.16. The summed E-state index contributed by atoms with van der Waals surface area (Å²) in [5.74, 6) is 0. The van der Waals surface area contributed by atoms with E-state index in [0.29, 0.717) is 24.0 Å². The van der Waals surface area contributed by atoms with Crippen LogP contribution in [0.2, 0.25) is 0 Å². The van der Waals surface area contributed by atoms with E-state index >= 15 is 0 Å². The van der Waals surface area contributed by atoms with Crippen molar-refractivity contribution in [2.24, 2.45) is 0 Å². The molecule has 0 aromatic heterocycles. The maximum atomic E-state index is 11.8. The number of hydrogen-bond acceptors (Lipinski definition) is 4. The second-order valence-corrected chi connectivity index (χ2v) is 6.69. The van der Waals surface area contributed by atoms with E-state index in [0.717, 1.165) is 17.2 Å². The molecule has 0 unspecified atom stereocenters. The molecule has 0 aliphatic carbocycles. The summed E-state index contributed by atoms with van der Waals surface area (Å²) >= 11 is 0. The number of hydrogen-bond donors (Lipinski definition) is 0. The molecule has 0 atom stereocenters. The van der Waals surface area contributed by atoms with Crippen LogP contribution in [0.1, 0.15) is 5.56 Å². The zero-order valence-corrected chi connectivity index (χ0v) is 11.6. The molecule has 0 radical (unpaired) electrons. The summed E-state index contributed by atoms with van der Waals surface area (Å²) in [6.07, 6.45) is 1.68. The van der Waals surface area contributed by atoms with Gasteiger partial charge in [-0.15, -0.1) is 0 Å². The summed E-state index contributed by atoms with van der Waals surface area (Å²) in [4.78, 5) is 10.7. The molecular formula is C13H12N2O4S.